The molecule has 4 heteroatoms. The van der Waals surface area contributed by atoms with Gasteiger partial charge in [-0.3, -0.25) is 0 Å². The minimum Gasteiger partial charge on any atom is -0.381 e. The van der Waals surface area contributed by atoms with Crippen molar-refractivity contribution in [2.45, 2.75) is 32.2 Å². The lowest BCUT2D eigenvalue weighted by molar-refractivity contribution is 0.0537. The summed E-state index contributed by atoms with van der Waals surface area (Å²) in [5, 5.41) is 3.58. The number of nitrogens with zero attached hydrogens (tertiary/aromatic N) is 1. The molecule has 0 saturated carbocycles. The molecule has 1 aromatic rings. The SMILES string of the molecule is CCNC(Cc1ncc[nH]1)C1CCOCC1. The van der Waals surface area contributed by atoms with Crippen molar-refractivity contribution in [3.63, 3.8) is 0 Å². The molecule has 1 aromatic heterocycles. The van der Waals surface area contributed by atoms with E-state index in [1.54, 1.807) is 0 Å². The summed E-state index contributed by atoms with van der Waals surface area (Å²) < 4.78 is 5.41. The van der Waals surface area contributed by atoms with E-state index in [0.717, 1.165) is 37.9 Å². The number of H-pyrrole nitrogens is 1. The van der Waals surface area contributed by atoms with Gasteiger partial charge in [0.25, 0.3) is 0 Å². The summed E-state index contributed by atoms with van der Waals surface area (Å²) in [5.41, 5.74) is 0. The number of ether oxygens (including phenoxy) is 1. The molecule has 1 unspecified atom stereocenters. The maximum Gasteiger partial charge on any atom is 0.107 e. The van der Waals surface area contributed by atoms with Crippen molar-refractivity contribution in [3.05, 3.63) is 18.2 Å². The van der Waals surface area contributed by atoms with E-state index >= 15 is 0 Å². The molecule has 0 radical (unpaired) electrons. The Morgan fingerprint density at radius 2 is 2.38 bits per heavy atom. The highest BCUT2D eigenvalue weighted by molar-refractivity contribution is 4.93. The lowest BCUT2D eigenvalue weighted by Gasteiger charge is -2.30. The van der Waals surface area contributed by atoms with Crippen molar-refractivity contribution in [1.29, 1.82) is 0 Å². The number of hydrogen-bond acceptors (Lipinski definition) is 3. The highest BCUT2D eigenvalue weighted by Gasteiger charge is 2.24. The second-order valence-electron chi connectivity index (χ2n) is 4.35. The fourth-order valence-corrected chi connectivity index (χ4v) is 2.40. The highest BCUT2D eigenvalue weighted by atomic mass is 16.5. The van der Waals surface area contributed by atoms with Crippen molar-refractivity contribution >= 4 is 0 Å². The first kappa shape index (κ1) is 11.6. The lowest BCUT2D eigenvalue weighted by Crippen LogP contribution is -2.40. The van der Waals surface area contributed by atoms with E-state index in [9.17, 15) is 0 Å². The van der Waals surface area contributed by atoms with E-state index in [2.05, 4.69) is 22.2 Å². The second-order valence-corrected chi connectivity index (χ2v) is 4.35. The van der Waals surface area contributed by atoms with E-state index in [1.165, 1.54) is 12.8 Å². The summed E-state index contributed by atoms with van der Waals surface area (Å²) in [6.45, 7) is 4.99. The first-order valence-electron chi connectivity index (χ1n) is 6.19. The Balaban J connectivity index is 1.92. The number of hydrogen-bond donors (Lipinski definition) is 2. The number of rotatable bonds is 5. The van der Waals surface area contributed by atoms with Crippen LogP contribution in [0.15, 0.2) is 12.4 Å². The summed E-state index contributed by atoms with van der Waals surface area (Å²) in [6.07, 6.45) is 7.03. The Bertz CT molecular complexity index is 280. The molecule has 1 saturated heterocycles. The molecule has 4 nitrogen and oxygen atoms in total. The third-order valence-electron chi connectivity index (χ3n) is 3.27. The summed E-state index contributed by atoms with van der Waals surface area (Å²) >= 11 is 0. The first-order valence-corrected chi connectivity index (χ1v) is 6.19. The van der Waals surface area contributed by atoms with Gasteiger partial charge in [0.1, 0.15) is 5.82 Å². The van der Waals surface area contributed by atoms with Gasteiger partial charge in [0, 0.05) is 38.1 Å². The monoisotopic (exact) mass is 223 g/mol. The molecule has 1 fully saturated rings. The van der Waals surface area contributed by atoms with Crippen LogP contribution in [-0.2, 0) is 11.2 Å². The average Bonchev–Trinajstić information content (AvgIpc) is 2.83. The molecule has 0 amide bonds. The fraction of sp³-hybridized carbons (Fsp3) is 0.750. The Hall–Kier alpha value is -0.870. The average molecular weight is 223 g/mol. The Morgan fingerprint density at radius 3 is 3.00 bits per heavy atom. The number of imidazole rings is 1. The van der Waals surface area contributed by atoms with Crippen LogP contribution in [0.5, 0.6) is 0 Å². The molecule has 1 atom stereocenters. The normalized spacial score (nSPS) is 19.8. The van der Waals surface area contributed by atoms with Gasteiger partial charge >= 0.3 is 0 Å². The first-order chi connectivity index (χ1) is 7.90. The number of aromatic nitrogens is 2. The van der Waals surface area contributed by atoms with Crippen LogP contribution in [0.3, 0.4) is 0 Å². The fourth-order valence-electron chi connectivity index (χ4n) is 2.40. The van der Waals surface area contributed by atoms with Crippen LogP contribution in [0, 0.1) is 5.92 Å². The predicted molar refractivity (Wildman–Crippen MR) is 63.3 cm³/mol. The van der Waals surface area contributed by atoms with Gasteiger partial charge in [0.15, 0.2) is 0 Å². The molecule has 0 aliphatic carbocycles. The van der Waals surface area contributed by atoms with Gasteiger partial charge in [-0.05, 0) is 25.3 Å². The molecule has 90 valence electrons. The van der Waals surface area contributed by atoms with Gasteiger partial charge < -0.3 is 15.0 Å². The molecule has 0 spiro atoms. The zero-order valence-corrected chi connectivity index (χ0v) is 9.91. The van der Waals surface area contributed by atoms with E-state index in [1.807, 2.05) is 12.4 Å². The van der Waals surface area contributed by atoms with Gasteiger partial charge in [-0.15, -0.1) is 0 Å². The van der Waals surface area contributed by atoms with Crippen LogP contribution in [-0.4, -0.2) is 35.8 Å². The molecule has 16 heavy (non-hydrogen) atoms. The van der Waals surface area contributed by atoms with E-state index in [4.69, 9.17) is 4.74 Å². The minimum absolute atomic E-state index is 0.528. The van der Waals surface area contributed by atoms with Crippen molar-refractivity contribution in [1.82, 2.24) is 15.3 Å². The highest BCUT2D eigenvalue weighted by Crippen LogP contribution is 2.20. The predicted octanol–water partition coefficient (Wildman–Crippen LogP) is 1.36. The van der Waals surface area contributed by atoms with Gasteiger partial charge in [-0.1, -0.05) is 6.92 Å². The molecule has 2 N–H and O–H groups in total. The molecule has 0 bridgehead atoms. The summed E-state index contributed by atoms with van der Waals surface area (Å²) in [5.74, 6) is 1.80. The maximum atomic E-state index is 5.41. The zero-order chi connectivity index (χ0) is 11.2. The number of likely N-dealkylation sites (N-methyl/N-ethyl adjacent to an activating group) is 1. The molecule has 2 heterocycles. The molecular weight excluding hydrogens is 202 g/mol. The van der Waals surface area contributed by atoms with Crippen LogP contribution >= 0.6 is 0 Å². The number of nitrogens with one attached hydrogen (secondary N) is 2. The molecule has 0 aromatic carbocycles. The third-order valence-corrected chi connectivity index (χ3v) is 3.27. The smallest absolute Gasteiger partial charge is 0.107 e. The van der Waals surface area contributed by atoms with Crippen molar-refractivity contribution in [3.8, 4) is 0 Å². The van der Waals surface area contributed by atoms with Crippen molar-refractivity contribution in [2.75, 3.05) is 19.8 Å². The van der Waals surface area contributed by atoms with Crippen LogP contribution in [0.25, 0.3) is 0 Å². The Kier molecular flexibility index (Phi) is 4.36. The minimum atomic E-state index is 0.528. The largest absolute Gasteiger partial charge is 0.381 e. The molecule has 2 rings (SSSR count). The topological polar surface area (TPSA) is 49.9 Å². The Labute approximate surface area is 96.8 Å². The van der Waals surface area contributed by atoms with Crippen LogP contribution < -0.4 is 5.32 Å². The van der Waals surface area contributed by atoms with Crippen LogP contribution in [0.1, 0.15) is 25.6 Å². The lowest BCUT2D eigenvalue weighted by atomic mass is 9.89. The van der Waals surface area contributed by atoms with E-state index in [0.29, 0.717) is 6.04 Å². The molecular formula is C12H21N3O. The second kappa shape index (κ2) is 6.01. The van der Waals surface area contributed by atoms with Gasteiger partial charge in [0.05, 0.1) is 0 Å². The van der Waals surface area contributed by atoms with Crippen LogP contribution in [0.2, 0.25) is 0 Å². The number of aromatic amines is 1. The van der Waals surface area contributed by atoms with Crippen molar-refractivity contribution < 1.29 is 4.74 Å². The van der Waals surface area contributed by atoms with Crippen LogP contribution in [0.4, 0.5) is 0 Å². The van der Waals surface area contributed by atoms with Gasteiger partial charge in [0.2, 0.25) is 0 Å². The van der Waals surface area contributed by atoms with Gasteiger partial charge in [-0.25, -0.2) is 4.98 Å². The zero-order valence-electron chi connectivity index (χ0n) is 9.91. The van der Waals surface area contributed by atoms with E-state index in [-0.39, 0.29) is 0 Å². The van der Waals surface area contributed by atoms with E-state index < -0.39 is 0 Å². The molecule has 1 aliphatic heterocycles. The summed E-state index contributed by atoms with van der Waals surface area (Å²) in [4.78, 5) is 7.49. The quantitative estimate of drug-likeness (QED) is 0.792. The van der Waals surface area contributed by atoms with Gasteiger partial charge in [-0.2, -0.15) is 0 Å². The summed E-state index contributed by atoms with van der Waals surface area (Å²) in [7, 11) is 0. The van der Waals surface area contributed by atoms with Crippen molar-refractivity contribution in [2.24, 2.45) is 5.92 Å². The maximum absolute atomic E-state index is 5.41. The summed E-state index contributed by atoms with van der Waals surface area (Å²) in [6, 6.07) is 0.528. The third kappa shape index (κ3) is 3.06. The Morgan fingerprint density at radius 1 is 1.56 bits per heavy atom. The standard InChI is InChI=1S/C12H21N3O/c1-2-13-11(9-12-14-5-6-15-12)10-3-7-16-8-4-10/h5-6,10-11,13H,2-4,7-9H2,1H3,(H,14,15). The molecule has 1 aliphatic rings.